The molecule has 0 unspecified atom stereocenters. The molecule has 5 nitrogen and oxygen atoms in total. The Balaban J connectivity index is 1.86. The van der Waals surface area contributed by atoms with Crippen LogP contribution in [0.25, 0.3) is 0 Å². The Bertz CT molecular complexity index is 1170. The zero-order valence-corrected chi connectivity index (χ0v) is 21.4. The topological polar surface area (TPSA) is 72.5 Å². The number of carbonyl (C=O) groups is 3. The molecule has 1 N–H and O–H groups in total. The molecular weight excluding hydrogens is 458 g/mol. The largest absolute Gasteiger partial charge is 0.447 e. The fourth-order valence-corrected chi connectivity index (χ4v) is 4.07. The molecule has 35 heavy (non-hydrogen) atoms. The van der Waals surface area contributed by atoms with Gasteiger partial charge in [0.1, 0.15) is 6.04 Å². The predicted octanol–water partition coefficient (Wildman–Crippen LogP) is 5.63. The third-order valence-corrected chi connectivity index (χ3v) is 6.31. The minimum atomic E-state index is -1.11. The second kappa shape index (κ2) is 12.4. The van der Waals surface area contributed by atoms with Crippen LogP contribution in [0.4, 0.5) is 0 Å². The van der Waals surface area contributed by atoms with Crippen molar-refractivity contribution in [3.8, 4) is 0 Å². The summed E-state index contributed by atoms with van der Waals surface area (Å²) in [5, 5.41) is 2.81. The molecule has 0 radical (unpaired) electrons. The number of carbonyl (C=O) groups excluding carboxylic acids is 3. The zero-order valence-electron chi connectivity index (χ0n) is 20.5. The highest BCUT2D eigenvalue weighted by molar-refractivity contribution is 7.98. The van der Waals surface area contributed by atoms with Crippen LogP contribution in [0.5, 0.6) is 0 Å². The number of esters is 1. The van der Waals surface area contributed by atoms with Gasteiger partial charge in [-0.15, -0.1) is 0 Å². The van der Waals surface area contributed by atoms with Crippen molar-refractivity contribution in [1.29, 1.82) is 0 Å². The van der Waals surface area contributed by atoms with E-state index in [0.29, 0.717) is 28.9 Å². The van der Waals surface area contributed by atoms with E-state index in [1.165, 1.54) is 0 Å². The summed E-state index contributed by atoms with van der Waals surface area (Å²) in [5.41, 5.74) is 4.52. The maximum absolute atomic E-state index is 13.4. The smallest absolute Gasteiger partial charge is 0.329 e. The van der Waals surface area contributed by atoms with Gasteiger partial charge in [-0.1, -0.05) is 77.4 Å². The van der Waals surface area contributed by atoms with Crippen LogP contribution in [0, 0.1) is 20.8 Å². The second-order valence-corrected chi connectivity index (χ2v) is 9.62. The summed E-state index contributed by atoms with van der Waals surface area (Å²) in [6.07, 6.45) is 1.20. The van der Waals surface area contributed by atoms with Gasteiger partial charge in [-0.05, 0) is 51.3 Å². The van der Waals surface area contributed by atoms with Crippen molar-refractivity contribution in [3.05, 3.63) is 106 Å². The summed E-state index contributed by atoms with van der Waals surface area (Å²) < 4.78 is 5.83. The summed E-state index contributed by atoms with van der Waals surface area (Å²) in [7, 11) is 0. The number of hydrogen-bond acceptors (Lipinski definition) is 5. The third-order valence-electron chi connectivity index (χ3n) is 5.67. The molecule has 3 rings (SSSR count). The molecule has 0 aliphatic rings. The van der Waals surface area contributed by atoms with Crippen molar-refractivity contribution in [1.82, 2.24) is 5.32 Å². The molecule has 0 saturated heterocycles. The predicted molar refractivity (Wildman–Crippen MR) is 141 cm³/mol. The highest BCUT2D eigenvalue weighted by Gasteiger charge is 2.30. The van der Waals surface area contributed by atoms with Crippen molar-refractivity contribution in [2.24, 2.45) is 0 Å². The third kappa shape index (κ3) is 7.30. The molecule has 3 aromatic carbocycles. The van der Waals surface area contributed by atoms with E-state index in [1.807, 2.05) is 57.4 Å². The maximum Gasteiger partial charge on any atom is 0.329 e. The van der Waals surface area contributed by atoms with Crippen LogP contribution in [-0.4, -0.2) is 35.7 Å². The lowest BCUT2D eigenvalue weighted by atomic mass is 9.98. The number of hydrogen-bond donors (Lipinski definition) is 1. The summed E-state index contributed by atoms with van der Waals surface area (Å²) in [6.45, 7) is 5.80. The summed E-state index contributed by atoms with van der Waals surface area (Å²) >= 11 is 1.57. The van der Waals surface area contributed by atoms with Gasteiger partial charge in [-0.2, -0.15) is 11.8 Å². The van der Waals surface area contributed by atoms with Crippen LogP contribution in [0.3, 0.4) is 0 Å². The molecule has 0 saturated carbocycles. The van der Waals surface area contributed by atoms with E-state index in [2.05, 4.69) is 5.32 Å². The lowest BCUT2D eigenvalue weighted by Crippen LogP contribution is -2.43. The first-order valence-corrected chi connectivity index (χ1v) is 12.9. The van der Waals surface area contributed by atoms with Gasteiger partial charge in [0.2, 0.25) is 5.78 Å². The number of ketones is 1. The molecule has 0 aliphatic heterocycles. The first-order valence-electron chi connectivity index (χ1n) is 11.5. The molecule has 182 valence electrons. The number of benzene rings is 3. The average molecular weight is 490 g/mol. The van der Waals surface area contributed by atoms with E-state index in [4.69, 9.17) is 4.74 Å². The fourth-order valence-electron chi connectivity index (χ4n) is 3.59. The molecule has 2 atom stereocenters. The van der Waals surface area contributed by atoms with Gasteiger partial charge in [0.05, 0.1) is 0 Å². The van der Waals surface area contributed by atoms with Gasteiger partial charge >= 0.3 is 5.97 Å². The summed E-state index contributed by atoms with van der Waals surface area (Å²) in [6, 6.07) is 20.8. The SMILES string of the molecule is CSCC[C@@H](NC(=O)c1cccc(C)c1)C(=O)O[C@H](C(=O)c1ccc(C)cc1)c1ccc(C)cc1. The Kier molecular flexibility index (Phi) is 9.26. The Morgan fingerprint density at radius 2 is 1.46 bits per heavy atom. The fraction of sp³-hybridized carbons (Fsp3) is 0.276. The first kappa shape index (κ1) is 26.2. The number of aryl methyl sites for hydroxylation is 3. The lowest BCUT2D eigenvalue weighted by Gasteiger charge is -2.22. The number of rotatable bonds is 10. The lowest BCUT2D eigenvalue weighted by molar-refractivity contribution is -0.149. The molecule has 3 aromatic rings. The first-order chi connectivity index (χ1) is 16.8. The van der Waals surface area contributed by atoms with E-state index in [9.17, 15) is 14.4 Å². The van der Waals surface area contributed by atoms with Crippen LogP contribution < -0.4 is 5.32 Å². The van der Waals surface area contributed by atoms with Gasteiger partial charge < -0.3 is 10.1 Å². The Labute approximate surface area is 211 Å². The van der Waals surface area contributed by atoms with E-state index in [0.717, 1.165) is 16.7 Å². The van der Waals surface area contributed by atoms with Crippen LogP contribution in [-0.2, 0) is 9.53 Å². The van der Waals surface area contributed by atoms with Crippen molar-refractivity contribution >= 4 is 29.4 Å². The monoisotopic (exact) mass is 489 g/mol. The Morgan fingerprint density at radius 3 is 2.06 bits per heavy atom. The molecule has 0 fully saturated rings. The Hall–Kier alpha value is -3.38. The zero-order chi connectivity index (χ0) is 25.4. The quantitative estimate of drug-likeness (QED) is 0.295. The van der Waals surface area contributed by atoms with Crippen molar-refractivity contribution in [2.75, 3.05) is 12.0 Å². The van der Waals surface area contributed by atoms with Gasteiger partial charge in [0.25, 0.3) is 5.91 Å². The molecule has 0 bridgehead atoms. The highest BCUT2D eigenvalue weighted by atomic mass is 32.2. The van der Waals surface area contributed by atoms with E-state index in [-0.39, 0.29) is 11.7 Å². The number of ether oxygens (including phenoxy) is 1. The van der Waals surface area contributed by atoms with E-state index in [1.54, 1.807) is 54.2 Å². The van der Waals surface area contributed by atoms with Crippen LogP contribution >= 0.6 is 11.8 Å². The summed E-state index contributed by atoms with van der Waals surface area (Å²) in [4.78, 5) is 39.6. The van der Waals surface area contributed by atoms with E-state index >= 15 is 0 Å². The normalized spacial score (nSPS) is 12.5. The molecule has 1 amide bonds. The number of thioether (sulfide) groups is 1. The minimum absolute atomic E-state index is 0.309. The second-order valence-electron chi connectivity index (χ2n) is 8.63. The average Bonchev–Trinajstić information content (AvgIpc) is 2.85. The van der Waals surface area contributed by atoms with Gasteiger partial charge in [-0.25, -0.2) is 4.79 Å². The standard InChI is InChI=1S/C29H31NO4S/c1-19-8-12-22(13-9-19)26(31)27(23-14-10-20(2)11-15-23)34-29(33)25(16-17-35-4)30-28(32)24-7-5-6-21(3)18-24/h5-15,18,25,27H,16-17H2,1-4H3,(H,30,32)/t25-,27+/m1/s1. The van der Waals surface area contributed by atoms with Crippen molar-refractivity contribution < 1.29 is 19.1 Å². The molecule has 0 aromatic heterocycles. The molecule has 6 heteroatoms. The minimum Gasteiger partial charge on any atom is -0.447 e. The van der Waals surface area contributed by atoms with Crippen LogP contribution in [0.1, 0.15) is 55.5 Å². The van der Waals surface area contributed by atoms with Crippen molar-refractivity contribution in [2.45, 2.75) is 39.3 Å². The number of nitrogens with one attached hydrogen (secondary N) is 1. The van der Waals surface area contributed by atoms with Crippen LogP contribution in [0.15, 0.2) is 72.8 Å². The van der Waals surface area contributed by atoms with Gasteiger partial charge in [0, 0.05) is 16.7 Å². The molecule has 0 spiro atoms. The van der Waals surface area contributed by atoms with Crippen LogP contribution in [0.2, 0.25) is 0 Å². The molecule has 0 aliphatic carbocycles. The summed E-state index contributed by atoms with van der Waals surface area (Å²) in [5.74, 6) is -0.648. The molecule has 0 heterocycles. The van der Waals surface area contributed by atoms with Gasteiger partial charge in [-0.3, -0.25) is 9.59 Å². The maximum atomic E-state index is 13.4. The van der Waals surface area contributed by atoms with Crippen molar-refractivity contribution in [3.63, 3.8) is 0 Å². The highest BCUT2D eigenvalue weighted by Crippen LogP contribution is 2.25. The number of amides is 1. The molecular formula is C29H31NO4S. The van der Waals surface area contributed by atoms with E-state index < -0.39 is 18.1 Å². The van der Waals surface area contributed by atoms with Gasteiger partial charge in [0.15, 0.2) is 6.10 Å². The Morgan fingerprint density at radius 1 is 0.829 bits per heavy atom. The number of Topliss-reactive ketones (excluding diaryl/α,β-unsaturated/α-hetero) is 1.